The smallest absolute Gasteiger partial charge is 0.191 e. The highest BCUT2D eigenvalue weighted by Crippen LogP contribution is 2.20. The molecule has 23 heavy (non-hydrogen) atoms. The van der Waals surface area contributed by atoms with Gasteiger partial charge < -0.3 is 20.3 Å². The molecule has 132 valence electrons. The molecule has 1 aromatic carbocycles. The molecule has 0 unspecified atom stereocenters. The maximum atomic E-state index is 5.43. The lowest BCUT2D eigenvalue weighted by molar-refractivity contribution is 0.357. The Morgan fingerprint density at radius 3 is 2.61 bits per heavy atom. The molecule has 2 N–H and O–H groups in total. The lowest BCUT2D eigenvalue weighted by Crippen LogP contribution is -2.40. The van der Waals surface area contributed by atoms with Gasteiger partial charge in [-0.15, -0.1) is 24.0 Å². The van der Waals surface area contributed by atoms with E-state index in [1.165, 1.54) is 5.56 Å². The number of hydrogen-bond acceptors (Lipinski definition) is 3. The van der Waals surface area contributed by atoms with Crippen LogP contribution in [0.5, 0.6) is 5.75 Å². The van der Waals surface area contributed by atoms with E-state index >= 15 is 0 Å². The van der Waals surface area contributed by atoms with Crippen molar-refractivity contribution >= 4 is 29.9 Å². The van der Waals surface area contributed by atoms with Gasteiger partial charge in [0.05, 0.1) is 13.7 Å². The number of nitrogens with one attached hydrogen (secondary N) is 2. The number of aliphatic imine (C=N–C) groups is 1. The molecule has 0 amide bonds. The third-order valence-electron chi connectivity index (χ3n) is 3.52. The van der Waals surface area contributed by atoms with Gasteiger partial charge in [0.1, 0.15) is 5.75 Å². The van der Waals surface area contributed by atoms with Crippen LogP contribution in [0.15, 0.2) is 23.2 Å². The zero-order valence-corrected chi connectivity index (χ0v) is 17.3. The van der Waals surface area contributed by atoms with Gasteiger partial charge in [-0.3, -0.25) is 0 Å². The van der Waals surface area contributed by atoms with Crippen LogP contribution in [0.2, 0.25) is 0 Å². The maximum absolute atomic E-state index is 5.43. The second-order valence-electron chi connectivity index (χ2n) is 5.33. The Hall–Kier alpha value is -1.02. The highest BCUT2D eigenvalue weighted by molar-refractivity contribution is 14.0. The summed E-state index contributed by atoms with van der Waals surface area (Å²) in [5, 5.41) is 6.63. The average molecular weight is 434 g/mol. The Morgan fingerprint density at radius 1 is 1.26 bits per heavy atom. The van der Waals surface area contributed by atoms with Gasteiger partial charge in [-0.1, -0.05) is 19.1 Å². The zero-order valence-electron chi connectivity index (χ0n) is 15.0. The van der Waals surface area contributed by atoms with E-state index in [-0.39, 0.29) is 24.0 Å². The number of methoxy groups -OCH3 is 1. The first kappa shape index (κ1) is 22.0. The van der Waals surface area contributed by atoms with Crippen molar-refractivity contribution in [3.8, 4) is 5.75 Å². The number of halogens is 1. The zero-order chi connectivity index (χ0) is 16.4. The molecule has 0 aliphatic heterocycles. The molecule has 0 heterocycles. The van der Waals surface area contributed by atoms with Crippen LogP contribution in [-0.2, 0) is 6.54 Å². The SMILES string of the molecule is CCNC(=NCc1ccc(C)cc1OC)NCCN(C)CC.I. The first-order chi connectivity index (χ1) is 10.6. The third kappa shape index (κ3) is 8.41. The van der Waals surface area contributed by atoms with E-state index in [1.807, 2.05) is 6.07 Å². The number of nitrogens with zero attached hydrogens (tertiary/aromatic N) is 2. The predicted molar refractivity (Wildman–Crippen MR) is 109 cm³/mol. The summed E-state index contributed by atoms with van der Waals surface area (Å²) in [6.45, 7) is 10.7. The Balaban J connectivity index is 0.00000484. The van der Waals surface area contributed by atoms with Gasteiger partial charge in [-0.25, -0.2) is 4.99 Å². The number of benzene rings is 1. The molecule has 0 bridgehead atoms. The first-order valence-electron chi connectivity index (χ1n) is 7.94. The molecule has 6 heteroatoms. The van der Waals surface area contributed by atoms with Crippen LogP contribution in [0.25, 0.3) is 0 Å². The molecule has 1 aromatic rings. The second-order valence-corrected chi connectivity index (χ2v) is 5.33. The van der Waals surface area contributed by atoms with Gasteiger partial charge in [0, 0.05) is 25.2 Å². The topological polar surface area (TPSA) is 48.9 Å². The summed E-state index contributed by atoms with van der Waals surface area (Å²) < 4.78 is 5.43. The normalized spacial score (nSPS) is 11.1. The lowest BCUT2D eigenvalue weighted by atomic mass is 10.1. The summed E-state index contributed by atoms with van der Waals surface area (Å²) >= 11 is 0. The van der Waals surface area contributed by atoms with E-state index in [0.29, 0.717) is 6.54 Å². The third-order valence-corrected chi connectivity index (χ3v) is 3.52. The minimum absolute atomic E-state index is 0. The second kappa shape index (κ2) is 12.4. The number of hydrogen-bond donors (Lipinski definition) is 2. The monoisotopic (exact) mass is 434 g/mol. The molecule has 0 fully saturated rings. The fraction of sp³-hybridized carbons (Fsp3) is 0.588. The predicted octanol–water partition coefficient (Wildman–Crippen LogP) is 2.63. The molecule has 0 spiro atoms. The van der Waals surface area contributed by atoms with E-state index in [0.717, 1.165) is 43.5 Å². The molecule has 0 radical (unpaired) electrons. The minimum atomic E-state index is 0. The van der Waals surface area contributed by atoms with Crippen LogP contribution in [0.4, 0.5) is 0 Å². The van der Waals surface area contributed by atoms with Crippen LogP contribution >= 0.6 is 24.0 Å². The fourth-order valence-corrected chi connectivity index (χ4v) is 2.01. The number of ether oxygens (including phenoxy) is 1. The Kier molecular flexibility index (Phi) is 11.9. The highest BCUT2D eigenvalue weighted by atomic mass is 127. The van der Waals surface area contributed by atoms with Crippen LogP contribution < -0.4 is 15.4 Å². The number of likely N-dealkylation sites (N-methyl/N-ethyl adjacent to an activating group) is 1. The molecule has 1 rings (SSSR count). The maximum Gasteiger partial charge on any atom is 0.191 e. The van der Waals surface area contributed by atoms with Crippen molar-refractivity contribution in [1.82, 2.24) is 15.5 Å². The molecular weight excluding hydrogens is 403 g/mol. The first-order valence-corrected chi connectivity index (χ1v) is 7.94. The molecule has 0 atom stereocenters. The molecule has 0 aliphatic rings. The van der Waals surface area contributed by atoms with Crippen molar-refractivity contribution in [1.29, 1.82) is 0 Å². The quantitative estimate of drug-likeness (QED) is 0.375. The largest absolute Gasteiger partial charge is 0.496 e. The summed E-state index contributed by atoms with van der Waals surface area (Å²) in [7, 11) is 3.81. The lowest BCUT2D eigenvalue weighted by Gasteiger charge is -2.16. The standard InChI is InChI=1S/C17H30N4O.HI/c1-6-18-17(19-10-11-21(4)7-2)20-13-15-9-8-14(3)12-16(15)22-5;/h8-9,12H,6-7,10-11,13H2,1-5H3,(H2,18,19,20);1H. The van der Waals surface area contributed by atoms with E-state index < -0.39 is 0 Å². The van der Waals surface area contributed by atoms with Crippen LogP contribution in [0.3, 0.4) is 0 Å². The van der Waals surface area contributed by atoms with E-state index in [4.69, 9.17) is 4.74 Å². The molecule has 0 aromatic heterocycles. The number of rotatable bonds is 8. The summed E-state index contributed by atoms with van der Waals surface area (Å²) in [6, 6.07) is 6.21. The summed E-state index contributed by atoms with van der Waals surface area (Å²) in [5.41, 5.74) is 2.29. The van der Waals surface area contributed by atoms with Crippen molar-refractivity contribution in [2.75, 3.05) is 40.3 Å². The Bertz CT molecular complexity index is 480. The van der Waals surface area contributed by atoms with Crippen molar-refractivity contribution < 1.29 is 4.74 Å². The van der Waals surface area contributed by atoms with Crippen molar-refractivity contribution in [2.45, 2.75) is 27.3 Å². The van der Waals surface area contributed by atoms with Gasteiger partial charge in [-0.05, 0) is 39.1 Å². The van der Waals surface area contributed by atoms with E-state index in [2.05, 4.69) is 60.5 Å². The Morgan fingerprint density at radius 2 is 2.00 bits per heavy atom. The van der Waals surface area contributed by atoms with E-state index in [1.54, 1.807) is 7.11 Å². The number of aryl methyl sites for hydroxylation is 1. The molecule has 0 saturated carbocycles. The van der Waals surface area contributed by atoms with E-state index in [9.17, 15) is 0 Å². The van der Waals surface area contributed by atoms with Crippen LogP contribution in [0.1, 0.15) is 25.0 Å². The summed E-state index contributed by atoms with van der Waals surface area (Å²) in [6.07, 6.45) is 0. The van der Waals surface area contributed by atoms with Gasteiger partial charge in [0.2, 0.25) is 0 Å². The van der Waals surface area contributed by atoms with Gasteiger partial charge in [0.15, 0.2) is 5.96 Å². The molecule has 0 saturated heterocycles. The van der Waals surface area contributed by atoms with Gasteiger partial charge in [0.25, 0.3) is 0 Å². The summed E-state index contributed by atoms with van der Waals surface area (Å²) in [5.74, 6) is 1.74. The molecular formula is C17H31IN4O. The fourth-order valence-electron chi connectivity index (χ4n) is 2.01. The molecule has 5 nitrogen and oxygen atoms in total. The molecule has 0 aliphatic carbocycles. The highest BCUT2D eigenvalue weighted by Gasteiger charge is 2.04. The van der Waals surface area contributed by atoms with Crippen molar-refractivity contribution in [3.05, 3.63) is 29.3 Å². The average Bonchev–Trinajstić information content (AvgIpc) is 2.52. The van der Waals surface area contributed by atoms with Crippen molar-refractivity contribution in [3.63, 3.8) is 0 Å². The minimum Gasteiger partial charge on any atom is -0.496 e. The van der Waals surface area contributed by atoms with Gasteiger partial charge >= 0.3 is 0 Å². The Labute approximate surface area is 157 Å². The van der Waals surface area contributed by atoms with Crippen LogP contribution in [-0.4, -0.2) is 51.2 Å². The van der Waals surface area contributed by atoms with Gasteiger partial charge in [-0.2, -0.15) is 0 Å². The van der Waals surface area contributed by atoms with Crippen LogP contribution in [0, 0.1) is 6.92 Å². The number of guanidine groups is 1. The van der Waals surface area contributed by atoms with Crippen molar-refractivity contribution in [2.24, 2.45) is 4.99 Å². The summed E-state index contributed by atoms with van der Waals surface area (Å²) in [4.78, 5) is 6.90.